The Kier molecular flexibility index (Phi) is 26.5. The lowest BCUT2D eigenvalue weighted by Crippen LogP contribution is -2.49. The first kappa shape index (κ1) is 73.4. The fourth-order valence-electron chi connectivity index (χ4n) is 13.4. The van der Waals surface area contributed by atoms with Gasteiger partial charge in [0.15, 0.2) is 22.9 Å². The quantitative estimate of drug-likeness (QED) is 0.0395. The number of piperidine rings is 3. The van der Waals surface area contributed by atoms with Crippen molar-refractivity contribution >= 4 is 35.3 Å². The topological polar surface area (TPSA) is 299 Å². The van der Waals surface area contributed by atoms with Crippen molar-refractivity contribution in [2.45, 2.75) is 205 Å². The van der Waals surface area contributed by atoms with Crippen LogP contribution in [0.2, 0.25) is 0 Å². The van der Waals surface area contributed by atoms with Gasteiger partial charge in [-0.15, -0.1) is 0 Å². The van der Waals surface area contributed by atoms with Crippen LogP contribution in [0.15, 0.2) is 97.0 Å². The Morgan fingerprint density at radius 2 is 1.06 bits per heavy atom. The van der Waals surface area contributed by atoms with Crippen molar-refractivity contribution in [3.63, 3.8) is 0 Å². The molecule has 3 aliphatic heterocycles. The summed E-state index contributed by atoms with van der Waals surface area (Å²) in [5, 5.41) is 34.4. The monoisotopic (exact) mass is 1340 g/mol. The van der Waals surface area contributed by atoms with E-state index in [1.165, 1.54) is 30.4 Å². The summed E-state index contributed by atoms with van der Waals surface area (Å²) in [6, 6.07) is 24.7. The van der Waals surface area contributed by atoms with Gasteiger partial charge >= 0.3 is 0 Å². The number of nitrogens with two attached hydrogens (primary N) is 1. The maximum atomic E-state index is 14.9. The maximum Gasteiger partial charge on any atom is 0.273 e. The van der Waals surface area contributed by atoms with Crippen LogP contribution in [0.1, 0.15) is 249 Å². The van der Waals surface area contributed by atoms with Crippen LogP contribution in [-0.4, -0.2) is 146 Å². The number of nitrogens with zero attached hydrogens (tertiary/aromatic N) is 7. The second kappa shape index (κ2) is 35.1. The molecule has 526 valence electrons. The van der Waals surface area contributed by atoms with Crippen molar-refractivity contribution in [1.29, 1.82) is 0 Å². The van der Waals surface area contributed by atoms with Gasteiger partial charge in [-0.2, -0.15) is 0 Å². The molecule has 12 rings (SSSR count). The molecule has 4 aromatic heterocycles. The third-order valence-corrected chi connectivity index (χ3v) is 19.9. The molecule has 6 aliphatic rings. The molecule has 0 spiro atoms. The third-order valence-electron chi connectivity index (χ3n) is 19.9. The second-order valence-electron chi connectivity index (χ2n) is 27.9. The lowest BCUT2D eigenvalue weighted by Gasteiger charge is -2.37. The van der Waals surface area contributed by atoms with Gasteiger partial charge in [-0.1, -0.05) is 128 Å². The van der Waals surface area contributed by atoms with Crippen LogP contribution >= 0.6 is 0 Å². The first-order valence-electron chi connectivity index (χ1n) is 35.4. The number of carbonyl (C=O) groups excluding carboxylic acids is 6. The summed E-state index contributed by atoms with van der Waals surface area (Å²) < 4.78 is 35.6. The molecule has 6 N–H and O–H groups in total. The van der Waals surface area contributed by atoms with Gasteiger partial charge in [0, 0.05) is 87.5 Å². The van der Waals surface area contributed by atoms with Crippen molar-refractivity contribution in [1.82, 2.24) is 51.3 Å². The van der Waals surface area contributed by atoms with Crippen molar-refractivity contribution in [3.05, 3.63) is 141 Å². The molecular weight excluding hydrogens is 1240 g/mol. The minimum atomic E-state index is -1.41. The lowest BCUT2D eigenvalue weighted by atomic mass is 9.81. The Hall–Kier alpha value is -7.89. The zero-order valence-corrected chi connectivity index (χ0v) is 57.8. The SMILES string of the molecule is CC(C)C(=O)N1CCC(C(CO)NC(=O)c2cc(C3CC3)on2)CC1.CCc1cc(C(=O)NC(c2cccc(C)c2)C2CCCCC2)no1.CCc1cc(C(=O)NC(c2ccccc2)C2CCN(C)CC2)no1.C[C@H](N)C(=O)N1CCC(F)(CCC(=O)c2cc(C3CC3)on2)CC1. The van der Waals surface area contributed by atoms with Gasteiger partial charge in [0.25, 0.3) is 17.7 Å². The number of rotatable bonds is 22. The molecule has 2 aromatic carbocycles. The first-order valence-corrected chi connectivity index (χ1v) is 35.4. The lowest BCUT2D eigenvalue weighted by molar-refractivity contribution is -0.136. The third kappa shape index (κ3) is 21.1. The normalized spacial score (nSPS) is 19.0. The maximum absolute atomic E-state index is 14.9. The fourth-order valence-corrected chi connectivity index (χ4v) is 13.4. The number of amides is 5. The largest absolute Gasteiger partial charge is 0.394 e. The number of benzene rings is 2. The smallest absolute Gasteiger partial charge is 0.273 e. The van der Waals surface area contributed by atoms with E-state index in [2.05, 4.69) is 91.8 Å². The number of aromatic nitrogens is 4. The number of halogens is 1. The summed E-state index contributed by atoms with van der Waals surface area (Å²) >= 11 is 0. The van der Waals surface area contributed by atoms with E-state index in [0.29, 0.717) is 66.9 Å². The number of hydrogen-bond donors (Lipinski definition) is 5. The molecule has 22 nitrogen and oxygen atoms in total. The Balaban J connectivity index is 0.000000152. The summed E-state index contributed by atoms with van der Waals surface area (Å²) in [4.78, 5) is 79.5. The van der Waals surface area contributed by atoms with E-state index in [0.717, 1.165) is 119 Å². The number of aryl methyl sites for hydroxylation is 3. The summed E-state index contributed by atoms with van der Waals surface area (Å²) in [7, 11) is 2.15. The van der Waals surface area contributed by atoms with Gasteiger partial charge in [-0.05, 0) is 146 Å². The molecule has 3 saturated heterocycles. The zero-order chi connectivity index (χ0) is 69.2. The molecule has 3 saturated carbocycles. The number of Topliss-reactive ketones (excluding diaryl/α,β-unsaturated/α-hetero) is 1. The fraction of sp³-hybridized carbons (Fsp3) is 0.595. The number of nitrogens with one attached hydrogen (secondary N) is 3. The van der Waals surface area contributed by atoms with Crippen LogP contribution in [0.5, 0.6) is 0 Å². The molecule has 3 aliphatic carbocycles. The number of alkyl halides is 1. The van der Waals surface area contributed by atoms with E-state index >= 15 is 0 Å². The molecule has 97 heavy (non-hydrogen) atoms. The van der Waals surface area contributed by atoms with Crippen molar-refractivity contribution < 1.29 is 56.4 Å². The number of likely N-dealkylation sites (tertiary alicyclic amines) is 3. The highest BCUT2D eigenvalue weighted by Gasteiger charge is 2.39. The number of aliphatic hydroxyl groups is 1. The van der Waals surface area contributed by atoms with E-state index in [4.69, 9.17) is 23.8 Å². The highest BCUT2D eigenvalue weighted by atomic mass is 19.1. The average molecular weight is 1340 g/mol. The Bertz CT molecular complexity index is 3490. The highest BCUT2D eigenvalue weighted by molar-refractivity contribution is 5.95. The predicted octanol–water partition coefficient (Wildman–Crippen LogP) is 11.4. The molecule has 3 unspecified atom stereocenters. The molecule has 6 aromatic rings. The summed E-state index contributed by atoms with van der Waals surface area (Å²) in [5.41, 5.74) is 9.04. The number of ketones is 1. The van der Waals surface area contributed by atoms with E-state index in [-0.39, 0.29) is 103 Å². The van der Waals surface area contributed by atoms with E-state index in [1.807, 2.05) is 50.8 Å². The van der Waals surface area contributed by atoms with Gasteiger partial charge in [-0.25, -0.2) is 4.39 Å². The van der Waals surface area contributed by atoms with E-state index in [1.54, 1.807) is 36.1 Å². The van der Waals surface area contributed by atoms with Crippen LogP contribution in [0, 0.1) is 30.6 Å². The van der Waals surface area contributed by atoms with Crippen molar-refractivity contribution in [2.75, 3.05) is 52.9 Å². The Labute approximate surface area is 569 Å². The van der Waals surface area contributed by atoms with Gasteiger partial charge in [-0.3, -0.25) is 28.8 Å². The Morgan fingerprint density at radius 3 is 1.58 bits per heavy atom. The van der Waals surface area contributed by atoms with Crippen LogP contribution in [0.4, 0.5) is 4.39 Å². The van der Waals surface area contributed by atoms with Crippen LogP contribution in [0.25, 0.3) is 0 Å². The molecule has 4 atom stereocenters. The highest BCUT2D eigenvalue weighted by Crippen LogP contribution is 2.42. The first-order chi connectivity index (χ1) is 46.7. The average Bonchev–Trinajstić information content (AvgIpc) is 1.81. The Morgan fingerprint density at radius 1 is 0.577 bits per heavy atom. The minimum absolute atomic E-state index is 0.00211. The molecule has 5 amide bonds. The van der Waals surface area contributed by atoms with Crippen molar-refractivity contribution in [3.8, 4) is 0 Å². The predicted molar refractivity (Wildman–Crippen MR) is 363 cm³/mol. The molecular formula is C74H102FN11O11. The van der Waals surface area contributed by atoms with Gasteiger partial charge < -0.3 is 59.6 Å². The van der Waals surface area contributed by atoms with E-state index in [9.17, 15) is 38.3 Å². The second-order valence-corrected chi connectivity index (χ2v) is 27.9. The summed E-state index contributed by atoms with van der Waals surface area (Å²) in [5.74, 6) is 4.10. The summed E-state index contributed by atoms with van der Waals surface area (Å²) in [6.07, 6.45) is 16.4. The minimum Gasteiger partial charge on any atom is -0.394 e. The van der Waals surface area contributed by atoms with Gasteiger partial charge in [0.1, 0.15) is 34.4 Å². The van der Waals surface area contributed by atoms with Crippen LogP contribution < -0.4 is 21.7 Å². The molecule has 6 fully saturated rings. The molecule has 0 bridgehead atoms. The summed E-state index contributed by atoms with van der Waals surface area (Å²) in [6.45, 7) is 15.5. The van der Waals surface area contributed by atoms with Crippen molar-refractivity contribution in [2.24, 2.45) is 29.4 Å². The van der Waals surface area contributed by atoms with Gasteiger partial charge in [0.05, 0.1) is 30.8 Å². The molecule has 7 heterocycles. The number of carbonyl (C=O) groups is 6. The van der Waals surface area contributed by atoms with Crippen LogP contribution in [-0.2, 0) is 22.4 Å². The molecule has 23 heteroatoms. The van der Waals surface area contributed by atoms with E-state index < -0.39 is 11.7 Å². The van der Waals surface area contributed by atoms with Crippen LogP contribution in [0.3, 0.4) is 0 Å². The van der Waals surface area contributed by atoms with Gasteiger partial charge in [0.2, 0.25) is 11.8 Å². The zero-order valence-electron chi connectivity index (χ0n) is 57.8. The molecule has 0 radical (unpaired) electrons. The standard InChI is InChI=1S/C20H26N2O2.C19H25N3O2.C18H27N3O4.C17H24FN3O3/c1-3-17-13-18(22-24-17)20(23)21-19(15-9-5-4-6-10-15)16-11-7-8-14(2)12-16;1-3-16-13-17(21-24-16)19(23)20-18(14-7-5-4-6-8-14)15-9-11-22(2)12-10-15;1-11(2)18(24)21-7-5-12(6-8-21)15(10-22)19-17(23)14-9-16(25-20-14)13-3-4-13;1-11(19)16(23)21-8-6-17(18,7-9-21)5-4-14(22)13-10-15(24-20-13)12-2-3-12/h7-8,11-13,15,19H,3-6,9-10H2,1-2H3,(H,21,23);4-8,13,15,18H,3,9-12H2,1-2H3,(H,20,23);9,11-13,15,22H,3-8,10H2,1-2H3,(H,19,23);10-12H,2-9,19H2,1H3/t;;;11-/m...0/s1. The number of hydrogen-bond acceptors (Lipinski definition) is 17. The number of aliphatic hydroxyl groups excluding tert-OH is 1.